The third-order valence-electron chi connectivity index (χ3n) is 3.27. The zero-order valence-corrected chi connectivity index (χ0v) is 14.2. The molecule has 0 bridgehead atoms. The Kier molecular flexibility index (Phi) is 5.25. The van der Waals surface area contributed by atoms with E-state index in [9.17, 15) is 9.00 Å². The second-order valence-corrected chi connectivity index (χ2v) is 6.85. The zero-order valence-electron chi connectivity index (χ0n) is 12.5. The molecule has 0 aliphatic heterocycles. The Labute approximate surface area is 136 Å². The summed E-state index contributed by atoms with van der Waals surface area (Å²) in [5, 5.41) is 6.48. The van der Waals surface area contributed by atoms with E-state index in [1.165, 1.54) is 0 Å². The maximum atomic E-state index is 12.4. The van der Waals surface area contributed by atoms with Crippen molar-refractivity contribution in [2.45, 2.75) is 13.0 Å². The summed E-state index contributed by atoms with van der Waals surface area (Å²) in [7, 11) is 0.765. The first-order chi connectivity index (χ1) is 10.4. The number of amides is 1. The zero-order chi connectivity index (χ0) is 16.3. The van der Waals surface area contributed by atoms with Gasteiger partial charge < -0.3 is 9.32 Å². The van der Waals surface area contributed by atoms with Crippen molar-refractivity contribution >= 4 is 28.9 Å². The van der Waals surface area contributed by atoms with Gasteiger partial charge in [0.25, 0.3) is 10.7 Å². The van der Waals surface area contributed by atoms with Crippen LogP contribution in [0.3, 0.4) is 0 Å². The van der Waals surface area contributed by atoms with Gasteiger partial charge in [-0.2, -0.15) is 0 Å². The molecule has 2 rings (SSSR count). The summed E-state index contributed by atoms with van der Waals surface area (Å²) in [6, 6.07) is 6.81. The molecule has 0 saturated carbocycles. The SMILES string of the molecule is CC(CS(C)=O)N(C)C(=O)c1ccc(-c2n[nH]c(=S)o2)cc1. The second-order valence-electron chi connectivity index (χ2n) is 5.00. The Bertz CT molecular complexity index is 736. The monoisotopic (exact) mass is 339 g/mol. The molecular weight excluding hydrogens is 322 g/mol. The fourth-order valence-electron chi connectivity index (χ4n) is 1.96. The van der Waals surface area contributed by atoms with Crippen LogP contribution in [-0.4, -0.2) is 50.3 Å². The summed E-state index contributed by atoms with van der Waals surface area (Å²) in [5.74, 6) is 0.716. The van der Waals surface area contributed by atoms with Gasteiger partial charge in [-0.05, 0) is 43.4 Å². The van der Waals surface area contributed by atoms with Crippen LogP contribution in [0.4, 0.5) is 0 Å². The van der Waals surface area contributed by atoms with E-state index in [1.54, 1.807) is 42.5 Å². The topological polar surface area (TPSA) is 79.2 Å². The van der Waals surface area contributed by atoms with Crippen molar-refractivity contribution < 1.29 is 13.4 Å². The number of nitrogens with one attached hydrogen (secondary N) is 1. The molecule has 1 heterocycles. The van der Waals surface area contributed by atoms with Gasteiger partial charge in [0.1, 0.15) is 0 Å². The smallest absolute Gasteiger partial charge is 0.284 e. The average molecular weight is 339 g/mol. The number of nitrogens with zero attached hydrogens (tertiary/aromatic N) is 2. The number of H-pyrrole nitrogens is 1. The standard InChI is InChI=1S/C14H17N3O3S2/c1-9(8-22(3)19)17(2)13(18)11-6-4-10(5-7-11)12-15-16-14(21)20-12/h4-7,9H,8H2,1-3H3,(H,16,21). The third kappa shape index (κ3) is 3.89. The van der Waals surface area contributed by atoms with E-state index in [2.05, 4.69) is 10.2 Å². The van der Waals surface area contributed by atoms with E-state index in [4.69, 9.17) is 16.6 Å². The lowest BCUT2D eigenvalue weighted by Gasteiger charge is -2.24. The quantitative estimate of drug-likeness (QED) is 0.845. The van der Waals surface area contributed by atoms with Gasteiger partial charge in [0.2, 0.25) is 5.89 Å². The minimum atomic E-state index is -0.943. The Morgan fingerprint density at radius 3 is 2.59 bits per heavy atom. The summed E-state index contributed by atoms with van der Waals surface area (Å²) in [4.78, 5) is 14.2. The van der Waals surface area contributed by atoms with Crippen molar-refractivity contribution in [3.8, 4) is 11.5 Å². The molecule has 1 N–H and O–H groups in total. The molecule has 6 nitrogen and oxygen atoms in total. The summed E-state index contributed by atoms with van der Waals surface area (Å²) >= 11 is 4.83. The van der Waals surface area contributed by atoms with Gasteiger partial charge in [-0.25, -0.2) is 5.10 Å². The fourth-order valence-corrected chi connectivity index (χ4v) is 2.99. The summed E-state index contributed by atoms with van der Waals surface area (Å²) in [6.07, 6.45) is 1.63. The molecule has 22 heavy (non-hydrogen) atoms. The second kappa shape index (κ2) is 6.97. The van der Waals surface area contributed by atoms with Gasteiger partial charge in [0, 0.05) is 47.0 Å². The molecule has 1 aromatic carbocycles. The Hall–Kier alpha value is -1.80. The lowest BCUT2D eigenvalue weighted by Crippen LogP contribution is -2.38. The maximum Gasteiger partial charge on any atom is 0.284 e. The average Bonchev–Trinajstić information content (AvgIpc) is 2.91. The maximum absolute atomic E-state index is 12.4. The predicted molar refractivity (Wildman–Crippen MR) is 87.6 cm³/mol. The third-order valence-corrected chi connectivity index (χ3v) is 4.40. The number of benzene rings is 1. The number of hydrogen-bond donors (Lipinski definition) is 1. The Morgan fingerprint density at radius 2 is 2.09 bits per heavy atom. The first-order valence-corrected chi connectivity index (χ1v) is 8.75. The number of rotatable bonds is 5. The van der Waals surface area contributed by atoms with Crippen LogP contribution in [0.5, 0.6) is 0 Å². The van der Waals surface area contributed by atoms with Crippen molar-refractivity contribution in [1.82, 2.24) is 15.1 Å². The minimum absolute atomic E-state index is 0.0953. The molecule has 8 heteroatoms. The molecule has 0 saturated heterocycles. The van der Waals surface area contributed by atoms with Gasteiger partial charge in [0.05, 0.1) is 0 Å². The van der Waals surface area contributed by atoms with Gasteiger partial charge in [-0.3, -0.25) is 9.00 Å². The lowest BCUT2D eigenvalue weighted by atomic mass is 10.1. The number of carbonyl (C=O) groups is 1. The van der Waals surface area contributed by atoms with Crippen LogP contribution >= 0.6 is 12.2 Å². The highest BCUT2D eigenvalue weighted by Crippen LogP contribution is 2.18. The van der Waals surface area contributed by atoms with E-state index >= 15 is 0 Å². The molecule has 0 spiro atoms. The van der Waals surface area contributed by atoms with E-state index < -0.39 is 10.8 Å². The molecule has 0 aliphatic rings. The molecule has 118 valence electrons. The van der Waals surface area contributed by atoms with Crippen LogP contribution in [0.25, 0.3) is 11.5 Å². The number of aromatic amines is 1. The number of carbonyl (C=O) groups excluding carboxylic acids is 1. The van der Waals surface area contributed by atoms with E-state index in [-0.39, 0.29) is 16.8 Å². The van der Waals surface area contributed by atoms with Crippen LogP contribution < -0.4 is 0 Å². The molecule has 2 atom stereocenters. The molecule has 0 fully saturated rings. The predicted octanol–water partition coefficient (Wildman–Crippen LogP) is 2.24. The van der Waals surface area contributed by atoms with Crippen molar-refractivity contribution in [3.05, 3.63) is 34.7 Å². The van der Waals surface area contributed by atoms with Crippen molar-refractivity contribution in [1.29, 1.82) is 0 Å². The molecule has 0 radical (unpaired) electrons. The van der Waals surface area contributed by atoms with Crippen LogP contribution in [0.2, 0.25) is 0 Å². The van der Waals surface area contributed by atoms with Gasteiger partial charge in [-0.1, -0.05) is 0 Å². The number of hydrogen-bond acceptors (Lipinski definition) is 5. The first kappa shape index (κ1) is 16.6. The number of aromatic nitrogens is 2. The minimum Gasteiger partial charge on any atom is -0.409 e. The van der Waals surface area contributed by atoms with E-state index in [1.807, 2.05) is 6.92 Å². The molecule has 2 aromatic rings. The van der Waals surface area contributed by atoms with Gasteiger partial charge >= 0.3 is 0 Å². The highest BCUT2D eigenvalue weighted by molar-refractivity contribution is 7.84. The van der Waals surface area contributed by atoms with Crippen molar-refractivity contribution in [2.75, 3.05) is 19.1 Å². The van der Waals surface area contributed by atoms with Crippen LogP contribution in [0, 0.1) is 4.84 Å². The molecular formula is C14H17N3O3S2. The Balaban J connectivity index is 2.14. The highest BCUT2D eigenvalue weighted by Gasteiger charge is 2.18. The lowest BCUT2D eigenvalue weighted by molar-refractivity contribution is 0.0757. The van der Waals surface area contributed by atoms with E-state index in [0.29, 0.717) is 17.2 Å². The van der Waals surface area contributed by atoms with Crippen LogP contribution in [-0.2, 0) is 10.8 Å². The van der Waals surface area contributed by atoms with Gasteiger partial charge in [-0.15, -0.1) is 5.10 Å². The van der Waals surface area contributed by atoms with Gasteiger partial charge in [0.15, 0.2) is 0 Å². The molecule has 1 aromatic heterocycles. The summed E-state index contributed by atoms with van der Waals surface area (Å²) in [5.41, 5.74) is 1.28. The van der Waals surface area contributed by atoms with Crippen LogP contribution in [0.1, 0.15) is 17.3 Å². The van der Waals surface area contributed by atoms with Crippen LogP contribution in [0.15, 0.2) is 28.7 Å². The normalized spacial score (nSPS) is 13.6. The first-order valence-electron chi connectivity index (χ1n) is 6.61. The fraction of sp³-hybridized carbons (Fsp3) is 0.357. The summed E-state index contributed by atoms with van der Waals surface area (Å²) in [6.45, 7) is 1.88. The summed E-state index contributed by atoms with van der Waals surface area (Å²) < 4.78 is 16.5. The largest absolute Gasteiger partial charge is 0.409 e. The molecule has 2 unspecified atom stereocenters. The van der Waals surface area contributed by atoms with E-state index in [0.717, 1.165) is 5.56 Å². The highest BCUT2D eigenvalue weighted by atomic mass is 32.2. The van der Waals surface area contributed by atoms with Crippen molar-refractivity contribution in [3.63, 3.8) is 0 Å². The Morgan fingerprint density at radius 1 is 1.45 bits per heavy atom. The molecule has 0 aliphatic carbocycles. The molecule has 1 amide bonds. The van der Waals surface area contributed by atoms with Crippen molar-refractivity contribution in [2.24, 2.45) is 0 Å².